The second-order valence-corrected chi connectivity index (χ2v) is 26.0. The number of carboxylic acids is 2. The minimum Gasteiger partial charge on any atom is -0.481 e. The molecule has 8 N–H and O–H groups in total. The van der Waals surface area contributed by atoms with E-state index in [1.807, 2.05) is 13.8 Å². The summed E-state index contributed by atoms with van der Waals surface area (Å²) in [6.07, 6.45) is -3.17. The van der Waals surface area contributed by atoms with E-state index in [9.17, 15) is 53.7 Å². The number of rotatable bonds is 13. The van der Waals surface area contributed by atoms with Gasteiger partial charge in [-0.2, -0.15) is 0 Å². The summed E-state index contributed by atoms with van der Waals surface area (Å²) in [6.45, 7) is 4.04. The average molecular weight is 1300 g/mol. The first kappa shape index (κ1) is 61.7. The van der Waals surface area contributed by atoms with Crippen LogP contribution in [0.2, 0.25) is 0 Å². The summed E-state index contributed by atoms with van der Waals surface area (Å²) in [5, 5.41) is 53.3. The van der Waals surface area contributed by atoms with E-state index in [0.29, 0.717) is 52.3 Å². The molecule has 32 heteroatoms. The number of nitrogens with one attached hydrogen (secondary N) is 5. The molecule has 10 bridgehead atoms. The first-order valence-electron chi connectivity index (χ1n) is 26.6. The van der Waals surface area contributed by atoms with E-state index in [2.05, 4.69) is 41.5 Å². The third-order valence-corrected chi connectivity index (χ3v) is 19.5. The number of nitrogens with zero attached hydrogens (tertiary/aromatic N) is 8. The van der Waals surface area contributed by atoms with Gasteiger partial charge in [0.1, 0.15) is 94.8 Å². The molecule has 1 fully saturated rings. The summed E-state index contributed by atoms with van der Waals surface area (Å²) in [5.74, 6) is -6.46. The lowest BCUT2D eigenvalue weighted by Gasteiger charge is -2.32. The number of hydrogen-bond acceptors (Lipinski definition) is 24. The third kappa shape index (κ3) is 13.9. The fourth-order valence-electron chi connectivity index (χ4n) is 9.14. The maximum absolute atomic E-state index is 14.3. The van der Waals surface area contributed by atoms with Crippen LogP contribution in [0.25, 0.3) is 43.4 Å². The molecule has 1 aliphatic heterocycles. The van der Waals surface area contributed by atoms with Gasteiger partial charge in [-0.15, -0.1) is 68.0 Å². The number of benzene rings is 1. The van der Waals surface area contributed by atoms with E-state index in [1.54, 1.807) is 60.1 Å². The van der Waals surface area contributed by atoms with E-state index in [4.69, 9.17) is 29.4 Å². The van der Waals surface area contributed by atoms with E-state index in [-0.39, 0.29) is 76.1 Å². The van der Waals surface area contributed by atoms with Crippen molar-refractivity contribution in [3.05, 3.63) is 111 Å². The zero-order chi connectivity index (χ0) is 61.8. The molecule has 7 aromatic heterocycles. The molecule has 1 saturated carbocycles. The Hall–Kier alpha value is -8.37. The number of aliphatic carboxylic acids is 2. The quantitative estimate of drug-likeness (QED) is 0.0565. The maximum Gasteiger partial charge on any atom is 0.416 e. The Balaban J connectivity index is 1.04. The molecule has 8 heterocycles. The Morgan fingerprint density at radius 2 is 1.41 bits per heavy atom. The summed E-state index contributed by atoms with van der Waals surface area (Å²) in [6, 6.07) is 9.05. The largest absolute Gasteiger partial charge is 0.481 e. The number of carbonyl (C=O) groups is 8. The molecule has 8 aromatic rings. The molecule has 6 amide bonds. The molecule has 1 unspecified atom stereocenters. The fourth-order valence-corrected chi connectivity index (χ4v) is 14.7. The molecule has 1 aromatic carbocycles. The Kier molecular flexibility index (Phi) is 18.9. The number of carbonyl (C=O) groups excluding carboxylic acids is 6. The zero-order valence-corrected chi connectivity index (χ0v) is 51.5. The first-order chi connectivity index (χ1) is 41.7. The predicted molar refractivity (Wildman–Crippen MR) is 323 cm³/mol. The van der Waals surface area contributed by atoms with E-state index in [0.717, 1.165) is 61.6 Å². The van der Waals surface area contributed by atoms with Crippen molar-refractivity contribution in [1.82, 2.24) is 61.5 Å². The van der Waals surface area contributed by atoms with Crippen LogP contribution in [-0.4, -0.2) is 131 Å². The number of ether oxygens (including phenoxy) is 2. The lowest BCUT2D eigenvalue weighted by molar-refractivity contribution is -0.148. The van der Waals surface area contributed by atoms with Crippen molar-refractivity contribution < 1.29 is 63.1 Å². The molecule has 0 radical (unpaired) electrons. The smallest absolute Gasteiger partial charge is 0.416 e. The summed E-state index contributed by atoms with van der Waals surface area (Å²) >= 11 is 6.77. The van der Waals surface area contributed by atoms with Crippen molar-refractivity contribution >= 4 is 121 Å². The van der Waals surface area contributed by atoms with Gasteiger partial charge in [0, 0.05) is 46.1 Å². The normalized spacial score (nSPS) is 18.5. The number of fused-ring (bicyclic) bond motifs is 14. The minimum absolute atomic E-state index is 0.0181. The molecule has 452 valence electrons. The van der Waals surface area contributed by atoms with E-state index in [1.165, 1.54) is 36.3 Å². The fraction of sp³-hybridized carbons (Fsp3) is 0.327. The molecular formula is C55H53N13O13S6. The third-order valence-electron chi connectivity index (χ3n) is 13.7. The van der Waals surface area contributed by atoms with Gasteiger partial charge in [0.25, 0.3) is 17.7 Å². The van der Waals surface area contributed by atoms with Crippen LogP contribution in [0.1, 0.15) is 119 Å². The van der Waals surface area contributed by atoms with Crippen molar-refractivity contribution in [3.8, 4) is 43.4 Å². The van der Waals surface area contributed by atoms with Crippen molar-refractivity contribution in [2.24, 2.45) is 11.8 Å². The number of amides is 6. The molecule has 0 saturated heterocycles. The standard InChI is InChI=1S/C55H53N13O13S6/c1-23(2)39-53-67-42(34(87-53)18-80-5)46(75)57-16-37(70)64-43(44(73)25-9-7-6-8-10-25)52-62-33(21-84-52)50-60-31(19-83-50)41-28(48-61-32(20-82-48)45(74)59-30(15-36(69)56-4)51-66-40(24(3)86-51)47(76)65-39)11-12-29(58-41)49-63-35(22-85-49)68(17-38(71)72)55(79)81-27-13-26(14-27)54(77)78/h6-12,19-23,26-27,30,39,43-44,73H,13-18H2,1-5H3,(H,56,69)(H,57,75)(H,59,74)(H,64,70)(H,65,76)(H,71,72)(H,77,78)/t26-,27-,30-,39?,43-,44-/m0/s1. The number of aliphatic hydroxyl groups excluding tert-OH is 1. The summed E-state index contributed by atoms with van der Waals surface area (Å²) in [7, 11) is 2.90. The number of aromatic nitrogens is 7. The van der Waals surface area contributed by atoms with E-state index >= 15 is 0 Å². The van der Waals surface area contributed by atoms with E-state index < -0.39 is 96.9 Å². The average Bonchev–Trinajstić information content (AvgIpc) is 2.03. The SMILES string of the molecule is CNC(=O)C[C@@H]1NC(=O)c2csc(n2)-c2ccc(-c3nc(N(CC(=O)O)C(=O)O[C@H]4C[C@H](C(=O)O)C4)cs3)nc2-c2csc(n2)-c2csc(n2)[C@H]([C@@H](O)c2ccccc2)NC(=O)CNC(=O)c2nc(sc2COC)C(C(C)C)NC(=O)c2nc1sc2C. The summed E-state index contributed by atoms with van der Waals surface area (Å²) in [5.41, 5.74) is 2.05. The van der Waals surface area contributed by atoms with Crippen LogP contribution in [-0.2, 0) is 35.3 Å². The summed E-state index contributed by atoms with van der Waals surface area (Å²) < 4.78 is 10.9. The second kappa shape index (κ2) is 26.7. The highest BCUT2D eigenvalue weighted by Gasteiger charge is 2.39. The van der Waals surface area contributed by atoms with Crippen molar-refractivity contribution in [2.75, 3.05) is 32.1 Å². The van der Waals surface area contributed by atoms with Gasteiger partial charge in [-0.05, 0) is 43.4 Å². The van der Waals surface area contributed by atoms with Gasteiger partial charge in [-0.3, -0.25) is 33.6 Å². The number of carboxylic acid groups (broad SMARTS) is 2. The molecule has 87 heavy (non-hydrogen) atoms. The molecule has 10 rings (SSSR count). The minimum atomic E-state index is -1.36. The number of hydrogen-bond donors (Lipinski definition) is 8. The monoisotopic (exact) mass is 1300 g/mol. The molecule has 1 aliphatic carbocycles. The van der Waals surface area contributed by atoms with Gasteiger partial charge in [-0.25, -0.2) is 44.6 Å². The van der Waals surface area contributed by atoms with Gasteiger partial charge in [0.15, 0.2) is 0 Å². The van der Waals surface area contributed by atoms with Crippen LogP contribution in [0, 0.1) is 18.8 Å². The Bertz CT molecular complexity index is 3930. The van der Waals surface area contributed by atoms with Crippen molar-refractivity contribution in [3.63, 3.8) is 0 Å². The Labute approximate surface area is 518 Å². The maximum atomic E-state index is 14.3. The highest BCUT2D eigenvalue weighted by molar-refractivity contribution is 7.15. The Morgan fingerprint density at radius 1 is 0.713 bits per heavy atom. The van der Waals surface area contributed by atoms with Crippen LogP contribution >= 0.6 is 68.0 Å². The molecule has 0 spiro atoms. The van der Waals surface area contributed by atoms with Gasteiger partial charge < -0.3 is 51.4 Å². The van der Waals surface area contributed by atoms with Crippen LogP contribution < -0.4 is 31.5 Å². The number of thiazole rings is 6. The highest BCUT2D eigenvalue weighted by Crippen LogP contribution is 2.41. The topological polar surface area (TPSA) is 369 Å². The number of pyridine rings is 1. The number of methoxy groups -OCH3 is 1. The molecule has 2 aliphatic rings. The second-order valence-electron chi connectivity index (χ2n) is 20.1. The zero-order valence-electron chi connectivity index (χ0n) is 46.6. The predicted octanol–water partition coefficient (Wildman–Crippen LogP) is 7.20. The lowest BCUT2D eigenvalue weighted by Crippen LogP contribution is -2.43. The molecule has 26 nitrogen and oxygen atoms in total. The van der Waals surface area contributed by atoms with Gasteiger partial charge >= 0.3 is 18.0 Å². The lowest BCUT2D eigenvalue weighted by atomic mass is 9.82. The first-order valence-corrected chi connectivity index (χ1v) is 31.8. The van der Waals surface area contributed by atoms with Gasteiger partial charge in [0.05, 0.1) is 48.1 Å². The van der Waals surface area contributed by atoms with Crippen LogP contribution in [0.4, 0.5) is 10.6 Å². The highest BCUT2D eigenvalue weighted by atomic mass is 32.1. The number of aliphatic hydroxyl groups is 1. The Morgan fingerprint density at radius 3 is 2.14 bits per heavy atom. The van der Waals surface area contributed by atoms with Crippen molar-refractivity contribution in [2.45, 2.75) is 77.0 Å². The van der Waals surface area contributed by atoms with Crippen molar-refractivity contribution in [1.29, 1.82) is 0 Å². The molecular weight excluding hydrogens is 1240 g/mol. The van der Waals surface area contributed by atoms with Crippen LogP contribution in [0.5, 0.6) is 0 Å². The van der Waals surface area contributed by atoms with Crippen LogP contribution in [0.15, 0.2) is 64.0 Å². The molecule has 4 atom stereocenters. The number of aryl methyl sites for hydroxylation is 1. The van der Waals surface area contributed by atoms with Crippen LogP contribution in [0.3, 0.4) is 0 Å². The van der Waals surface area contributed by atoms with Gasteiger partial charge in [0.2, 0.25) is 11.8 Å². The summed E-state index contributed by atoms with van der Waals surface area (Å²) in [4.78, 5) is 142. The number of anilines is 1. The van der Waals surface area contributed by atoms with Gasteiger partial charge in [-0.1, -0.05) is 44.2 Å².